The van der Waals surface area contributed by atoms with Crippen LogP contribution < -0.4 is 0 Å². The van der Waals surface area contributed by atoms with Crippen molar-refractivity contribution >= 4 is 0 Å². The highest BCUT2D eigenvalue weighted by molar-refractivity contribution is 4.87. The summed E-state index contributed by atoms with van der Waals surface area (Å²) >= 11 is 0. The number of hydrogen-bond acceptors (Lipinski definition) is 6. The molecule has 0 aromatic heterocycles. The van der Waals surface area contributed by atoms with E-state index in [1.54, 1.807) is 14.2 Å². The highest BCUT2D eigenvalue weighted by Gasteiger charge is 2.48. The van der Waals surface area contributed by atoms with Crippen molar-refractivity contribution in [2.45, 2.75) is 90.6 Å². The lowest BCUT2D eigenvalue weighted by molar-refractivity contribution is -0.415. The van der Waals surface area contributed by atoms with E-state index in [2.05, 4.69) is 20.8 Å². The average molecular weight is 431 g/mol. The second-order valence-electron chi connectivity index (χ2n) is 9.35. The van der Waals surface area contributed by atoms with Gasteiger partial charge in [0.2, 0.25) is 0 Å². The molecule has 178 valence electrons. The molecule has 2 rings (SSSR count). The van der Waals surface area contributed by atoms with Crippen LogP contribution in [-0.2, 0) is 28.4 Å². The average Bonchev–Trinajstić information content (AvgIpc) is 2.71. The van der Waals surface area contributed by atoms with E-state index in [0.29, 0.717) is 13.2 Å². The predicted molar refractivity (Wildman–Crippen MR) is 118 cm³/mol. The fourth-order valence-corrected chi connectivity index (χ4v) is 4.12. The molecule has 2 aliphatic rings. The zero-order valence-corrected chi connectivity index (χ0v) is 20.1. The Bertz CT molecular complexity index is 446. The molecule has 0 aromatic rings. The molecule has 1 unspecified atom stereocenters. The van der Waals surface area contributed by atoms with Crippen molar-refractivity contribution < 1.29 is 28.4 Å². The molecule has 0 bridgehead atoms. The van der Waals surface area contributed by atoms with Gasteiger partial charge in [-0.05, 0) is 19.3 Å². The molecule has 30 heavy (non-hydrogen) atoms. The lowest BCUT2D eigenvalue weighted by Crippen LogP contribution is -2.56. The van der Waals surface area contributed by atoms with Gasteiger partial charge in [-0.15, -0.1) is 0 Å². The summed E-state index contributed by atoms with van der Waals surface area (Å²) in [5.74, 6) is -1.19. The maximum Gasteiger partial charge on any atom is 0.310 e. The molecular formula is C24H46O6. The van der Waals surface area contributed by atoms with Gasteiger partial charge in [0.25, 0.3) is 0 Å². The van der Waals surface area contributed by atoms with Crippen molar-refractivity contribution in [3.05, 3.63) is 0 Å². The van der Waals surface area contributed by atoms with E-state index in [-0.39, 0.29) is 16.9 Å². The molecule has 0 saturated carbocycles. The summed E-state index contributed by atoms with van der Waals surface area (Å²) in [7, 11) is 3.30. The largest absolute Gasteiger partial charge is 0.380 e. The molecule has 0 radical (unpaired) electrons. The minimum Gasteiger partial charge on any atom is -0.380 e. The van der Waals surface area contributed by atoms with E-state index in [0.717, 1.165) is 52.1 Å². The van der Waals surface area contributed by atoms with Crippen LogP contribution in [0.3, 0.4) is 0 Å². The highest BCUT2D eigenvalue weighted by Crippen LogP contribution is 2.37. The van der Waals surface area contributed by atoms with E-state index in [1.807, 2.05) is 0 Å². The van der Waals surface area contributed by atoms with E-state index in [1.165, 1.54) is 32.1 Å². The first-order valence-corrected chi connectivity index (χ1v) is 12.0. The molecule has 6 heteroatoms. The van der Waals surface area contributed by atoms with E-state index >= 15 is 0 Å². The summed E-state index contributed by atoms with van der Waals surface area (Å²) in [6.45, 7) is 10.8. The number of rotatable bonds is 18. The lowest BCUT2D eigenvalue weighted by Gasteiger charge is -2.46. The maximum atomic E-state index is 6.48. The number of hydrogen-bond donors (Lipinski definition) is 0. The summed E-state index contributed by atoms with van der Waals surface area (Å²) in [5, 5.41) is 0. The Morgan fingerprint density at radius 3 is 1.77 bits per heavy atom. The fourth-order valence-electron chi connectivity index (χ4n) is 4.12. The molecule has 0 spiro atoms. The van der Waals surface area contributed by atoms with Crippen LogP contribution in [0.25, 0.3) is 0 Å². The van der Waals surface area contributed by atoms with E-state index in [4.69, 9.17) is 28.4 Å². The van der Waals surface area contributed by atoms with Crippen LogP contribution in [0.4, 0.5) is 0 Å². The first-order chi connectivity index (χ1) is 14.5. The molecule has 1 atom stereocenters. The van der Waals surface area contributed by atoms with Gasteiger partial charge in [0.15, 0.2) is 0 Å². The molecule has 6 nitrogen and oxygen atoms in total. The summed E-state index contributed by atoms with van der Waals surface area (Å²) in [4.78, 5) is 0. The normalized spacial score (nSPS) is 21.1. The second-order valence-corrected chi connectivity index (χ2v) is 9.35. The van der Waals surface area contributed by atoms with Crippen LogP contribution in [0.2, 0.25) is 0 Å². The SMILES string of the molecule is CCCCCCCCC(OCC1(CC)COC1)C(OC)(OC)OCC1(CC)COC1. The van der Waals surface area contributed by atoms with Crippen molar-refractivity contribution in [2.24, 2.45) is 10.8 Å². The smallest absolute Gasteiger partial charge is 0.310 e. The molecule has 0 aliphatic carbocycles. The van der Waals surface area contributed by atoms with Crippen molar-refractivity contribution in [1.29, 1.82) is 0 Å². The van der Waals surface area contributed by atoms with Gasteiger partial charge in [0.05, 0.1) is 39.6 Å². The third kappa shape index (κ3) is 6.63. The van der Waals surface area contributed by atoms with Gasteiger partial charge in [0, 0.05) is 25.0 Å². The second kappa shape index (κ2) is 12.7. The van der Waals surface area contributed by atoms with Crippen LogP contribution in [0.1, 0.15) is 78.6 Å². The van der Waals surface area contributed by atoms with Gasteiger partial charge in [-0.3, -0.25) is 0 Å². The Balaban J connectivity index is 2.00. The molecule has 2 fully saturated rings. The van der Waals surface area contributed by atoms with E-state index in [9.17, 15) is 0 Å². The van der Waals surface area contributed by atoms with Crippen molar-refractivity contribution in [1.82, 2.24) is 0 Å². The summed E-state index contributed by atoms with van der Waals surface area (Å²) in [6, 6.07) is 0. The van der Waals surface area contributed by atoms with Gasteiger partial charge in [-0.2, -0.15) is 0 Å². The molecule has 2 heterocycles. The Hall–Kier alpha value is -0.240. The zero-order chi connectivity index (χ0) is 21.9. The van der Waals surface area contributed by atoms with Gasteiger partial charge in [0.1, 0.15) is 6.10 Å². The van der Waals surface area contributed by atoms with Crippen LogP contribution in [0.15, 0.2) is 0 Å². The number of ether oxygens (including phenoxy) is 6. The first-order valence-electron chi connectivity index (χ1n) is 12.0. The monoisotopic (exact) mass is 430 g/mol. The first kappa shape index (κ1) is 26.0. The van der Waals surface area contributed by atoms with E-state index < -0.39 is 5.97 Å². The number of methoxy groups -OCH3 is 2. The third-order valence-corrected chi connectivity index (χ3v) is 7.09. The van der Waals surface area contributed by atoms with Gasteiger partial charge < -0.3 is 28.4 Å². The fraction of sp³-hybridized carbons (Fsp3) is 1.00. The minimum absolute atomic E-state index is 0.0550. The highest BCUT2D eigenvalue weighted by atomic mass is 16.9. The molecule has 0 amide bonds. The van der Waals surface area contributed by atoms with Crippen LogP contribution in [-0.4, -0.2) is 65.9 Å². The summed E-state index contributed by atoms with van der Waals surface area (Å²) in [6.07, 6.45) is 10.0. The Kier molecular flexibility index (Phi) is 11.0. The maximum absolute atomic E-state index is 6.48. The number of unbranched alkanes of at least 4 members (excludes halogenated alkanes) is 5. The van der Waals surface area contributed by atoms with Crippen molar-refractivity contribution in [3.63, 3.8) is 0 Å². The topological polar surface area (TPSA) is 55.4 Å². The van der Waals surface area contributed by atoms with Crippen molar-refractivity contribution in [3.8, 4) is 0 Å². The third-order valence-electron chi connectivity index (χ3n) is 7.09. The van der Waals surface area contributed by atoms with Gasteiger partial charge in [-0.25, -0.2) is 0 Å². The summed E-state index contributed by atoms with van der Waals surface area (Å²) < 4.78 is 35.5. The van der Waals surface area contributed by atoms with Crippen LogP contribution in [0, 0.1) is 10.8 Å². The molecule has 0 N–H and O–H groups in total. The minimum atomic E-state index is -1.19. The molecule has 2 aliphatic heterocycles. The molecule has 0 aromatic carbocycles. The Morgan fingerprint density at radius 1 is 0.767 bits per heavy atom. The standard InChI is InChI=1S/C24H46O6/c1-6-9-10-11-12-13-14-21(29-19-22(7-2)15-27-16-22)24(25-4,26-5)30-20-23(8-3)17-28-18-23/h21H,6-20H2,1-5H3. The van der Waals surface area contributed by atoms with Crippen LogP contribution >= 0.6 is 0 Å². The Labute approximate surface area is 184 Å². The molecule has 2 saturated heterocycles. The van der Waals surface area contributed by atoms with Crippen LogP contribution in [0.5, 0.6) is 0 Å². The summed E-state index contributed by atoms with van der Waals surface area (Å²) in [5.41, 5.74) is 0.165. The predicted octanol–water partition coefficient (Wildman–Crippen LogP) is 4.94. The Morgan fingerprint density at radius 2 is 1.30 bits per heavy atom. The van der Waals surface area contributed by atoms with Crippen molar-refractivity contribution in [2.75, 3.05) is 53.9 Å². The molecular weight excluding hydrogens is 384 g/mol. The zero-order valence-electron chi connectivity index (χ0n) is 20.1. The lowest BCUT2D eigenvalue weighted by atomic mass is 9.84. The van der Waals surface area contributed by atoms with Gasteiger partial charge >= 0.3 is 5.97 Å². The quantitative estimate of drug-likeness (QED) is 0.227. The van der Waals surface area contributed by atoms with Gasteiger partial charge in [-0.1, -0.05) is 59.3 Å².